The third-order valence-electron chi connectivity index (χ3n) is 0.988. The summed E-state index contributed by atoms with van der Waals surface area (Å²) < 4.78 is 9.83. The number of primary amides is 1. The molecular weight excluding hydrogens is 183 g/mol. The molecule has 1 amide bonds. The van der Waals surface area contributed by atoms with Gasteiger partial charge >= 0.3 is 68.3 Å². The molecule has 0 bridgehead atoms. The third kappa shape index (κ3) is 4.68. The number of hydrogen-bond acceptors (Lipinski definition) is 4. The van der Waals surface area contributed by atoms with Gasteiger partial charge in [0.2, 0.25) is 0 Å². The van der Waals surface area contributed by atoms with Crippen LogP contribution in [0.15, 0.2) is 0 Å². The van der Waals surface area contributed by atoms with E-state index in [2.05, 4.69) is 5.32 Å². The molecule has 0 fully saturated rings. The Balaban J connectivity index is 4.19. The van der Waals surface area contributed by atoms with Gasteiger partial charge in [-0.2, -0.15) is 0 Å². The van der Waals surface area contributed by atoms with Crippen LogP contribution in [0.1, 0.15) is 6.42 Å². The van der Waals surface area contributed by atoms with Crippen molar-refractivity contribution in [1.29, 1.82) is 0 Å². The number of hydrogen-bond donors (Lipinski definition) is 3. The van der Waals surface area contributed by atoms with Crippen LogP contribution >= 0.6 is 7.92 Å². The summed E-state index contributed by atoms with van der Waals surface area (Å²) in [5, 5.41) is 10.6. The van der Waals surface area contributed by atoms with E-state index in [0.29, 0.717) is 0 Å². The van der Waals surface area contributed by atoms with Crippen molar-refractivity contribution in [3.8, 4) is 5.75 Å². The summed E-state index contributed by atoms with van der Waals surface area (Å²) in [6, 6.07) is -1.16. The maximum absolute atomic E-state index is 10.3. The van der Waals surface area contributed by atoms with Crippen LogP contribution in [0.25, 0.3) is 0 Å². The Kier molecular flexibility index (Phi) is 5.04. The summed E-state index contributed by atoms with van der Waals surface area (Å²) in [6.45, 7) is 0. The number of carboxylic acid groups (broad SMARTS) is 1. The van der Waals surface area contributed by atoms with Crippen molar-refractivity contribution in [2.24, 2.45) is 5.73 Å². The molecule has 7 heteroatoms. The van der Waals surface area contributed by atoms with Gasteiger partial charge in [0.05, 0.1) is 0 Å². The van der Waals surface area contributed by atoms with Gasteiger partial charge in [-0.05, 0) is 0 Å². The first kappa shape index (κ1) is 10.9. The van der Waals surface area contributed by atoms with Crippen LogP contribution in [0, 0.1) is 5.75 Å². The molecule has 0 spiro atoms. The molecule has 0 aromatic heterocycles. The van der Waals surface area contributed by atoms with Crippen molar-refractivity contribution in [3.63, 3.8) is 0 Å². The summed E-state index contributed by atoms with van der Waals surface area (Å²) in [5.74, 6) is 0.0170. The van der Waals surface area contributed by atoms with Gasteiger partial charge in [0, 0.05) is 0 Å². The molecule has 0 aromatic carbocycles. The number of nitrogens with two attached hydrogens (primary N) is 1. The Hall–Kier alpha value is -1.09. The summed E-state index contributed by atoms with van der Waals surface area (Å²) in [5.41, 5.74) is 4.75. The van der Waals surface area contributed by atoms with Gasteiger partial charge < -0.3 is 0 Å². The molecule has 0 aliphatic rings. The normalized spacial score (nSPS) is 11.3. The molecule has 0 heterocycles. The molecular formula is C5H7N2O4P. The summed E-state index contributed by atoms with van der Waals surface area (Å²) in [6.07, 6.45) is -0.363. The van der Waals surface area contributed by atoms with Crippen LogP contribution in [0.4, 0.5) is 0 Å². The minimum atomic E-state index is -1.25. The molecule has 0 saturated heterocycles. The Bertz CT molecular complexity index is 283. The first-order chi connectivity index (χ1) is 5.57. The number of carboxylic acids is 1. The molecule has 66 valence electrons. The molecule has 0 aromatic rings. The number of aliphatic carboxylic acids is 1. The van der Waals surface area contributed by atoms with Gasteiger partial charge in [0.15, 0.2) is 0 Å². The third-order valence-corrected chi connectivity index (χ3v) is 1.21. The number of amides is 1. The Morgan fingerprint density at radius 3 is 2.58 bits per heavy atom. The van der Waals surface area contributed by atoms with E-state index < -0.39 is 25.8 Å². The molecule has 0 radical (unpaired) electrons. The molecule has 12 heavy (non-hydrogen) atoms. The summed E-state index contributed by atoms with van der Waals surface area (Å²) in [4.78, 5) is 20.6. The molecule has 0 rings (SSSR count). The molecule has 1 atom stereocenters. The second-order valence-corrected chi connectivity index (χ2v) is 2.31. The summed E-state index contributed by atoms with van der Waals surface area (Å²) in [7, 11) is -0.469. The zero-order valence-corrected chi connectivity index (χ0v) is 6.88. The second kappa shape index (κ2) is 5.55. The van der Waals surface area contributed by atoms with Gasteiger partial charge in [-0.15, -0.1) is 0 Å². The van der Waals surface area contributed by atoms with Crippen LogP contribution in [-0.2, 0) is 14.2 Å². The van der Waals surface area contributed by atoms with E-state index in [1.54, 1.807) is 0 Å². The topological polar surface area (TPSA) is 109 Å². The van der Waals surface area contributed by atoms with Crippen molar-refractivity contribution in [1.82, 2.24) is 5.32 Å². The minimum absolute atomic E-state index is 0.363. The van der Waals surface area contributed by atoms with Gasteiger partial charge in [-0.25, -0.2) is 0 Å². The quantitative estimate of drug-likeness (QED) is 0.393. The SMILES string of the molecule is NC(=O)CC(NC#P=O)C(=O)O. The zero-order valence-electron chi connectivity index (χ0n) is 5.98. The summed E-state index contributed by atoms with van der Waals surface area (Å²) >= 11 is 0. The van der Waals surface area contributed by atoms with Crippen LogP contribution in [0.2, 0.25) is 0 Å². The number of carbonyl (C=O) groups is 2. The maximum atomic E-state index is 10.3. The van der Waals surface area contributed by atoms with Crippen molar-refractivity contribution < 1.29 is 19.3 Å². The van der Waals surface area contributed by atoms with Crippen LogP contribution < -0.4 is 11.1 Å². The van der Waals surface area contributed by atoms with E-state index in [4.69, 9.17) is 10.8 Å². The number of carbonyl (C=O) groups excluding carboxylic acids is 1. The average molecular weight is 190 g/mol. The number of nitrogens with one attached hydrogen (secondary N) is 1. The molecule has 4 N–H and O–H groups in total. The van der Waals surface area contributed by atoms with E-state index >= 15 is 0 Å². The first-order valence-corrected chi connectivity index (χ1v) is 3.73. The van der Waals surface area contributed by atoms with E-state index in [1.165, 1.54) is 0 Å². The zero-order chi connectivity index (χ0) is 9.56. The fraction of sp³-hybridized carbons (Fsp3) is 0.400. The van der Waals surface area contributed by atoms with E-state index in [0.717, 1.165) is 0 Å². The predicted octanol–water partition coefficient (Wildman–Crippen LogP) is -0.887. The van der Waals surface area contributed by atoms with E-state index in [-0.39, 0.29) is 6.42 Å². The van der Waals surface area contributed by atoms with Crippen molar-refractivity contribution in [3.05, 3.63) is 0 Å². The average Bonchev–Trinajstić information content (AvgIpc) is 1.96. The second-order valence-electron chi connectivity index (χ2n) is 1.91. The van der Waals surface area contributed by atoms with Crippen LogP contribution in [-0.4, -0.2) is 23.0 Å². The molecule has 0 aliphatic heterocycles. The van der Waals surface area contributed by atoms with Crippen molar-refractivity contribution in [2.75, 3.05) is 0 Å². The monoisotopic (exact) mass is 190 g/mol. The van der Waals surface area contributed by atoms with Gasteiger partial charge in [0.25, 0.3) is 0 Å². The molecule has 0 saturated carbocycles. The van der Waals surface area contributed by atoms with E-state index in [9.17, 15) is 14.2 Å². The Morgan fingerprint density at radius 1 is 1.67 bits per heavy atom. The van der Waals surface area contributed by atoms with Crippen LogP contribution in [0.5, 0.6) is 0 Å². The predicted molar refractivity (Wildman–Crippen MR) is 39.9 cm³/mol. The van der Waals surface area contributed by atoms with Gasteiger partial charge in [0.1, 0.15) is 0 Å². The van der Waals surface area contributed by atoms with Gasteiger partial charge in [-0.3, -0.25) is 0 Å². The number of rotatable bonds is 4. The fourth-order valence-corrected chi connectivity index (χ4v) is 0.714. The van der Waals surface area contributed by atoms with Crippen molar-refractivity contribution in [2.45, 2.75) is 12.5 Å². The Labute approximate surface area is 69.2 Å². The molecule has 0 aliphatic carbocycles. The molecule has 1 unspecified atom stereocenters. The van der Waals surface area contributed by atoms with Gasteiger partial charge in [-0.1, -0.05) is 0 Å². The van der Waals surface area contributed by atoms with Crippen molar-refractivity contribution >= 4 is 19.8 Å². The standard InChI is InChI=1S/C5H7N2O4P/c6-4(8)1-3(5(9)10)7-2-12-11/h3,7H,1H2,(H2,6,8)(H,9,10). The van der Waals surface area contributed by atoms with Crippen LogP contribution in [0.3, 0.4) is 0 Å². The Morgan fingerprint density at radius 2 is 2.25 bits per heavy atom. The first-order valence-electron chi connectivity index (χ1n) is 2.92. The fourth-order valence-electron chi connectivity index (χ4n) is 0.506. The van der Waals surface area contributed by atoms with E-state index in [1.807, 2.05) is 5.75 Å². The molecule has 6 nitrogen and oxygen atoms in total.